The molecule has 0 bridgehead atoms. The van der Waals surface area contributed by atoms with Gasteiger partial charge < -0.3 is 10.6 Å². The standard InChI is InChI=1S/C22H26ClFN2/c1-14-7-10-21(20(24)11-14)26-17(4)19-12-18(9-8-15(19)2)25-16(3)13-22(5,6)23/h7-12,25-26H,3-4,13H2,1-2,5-6H3. The summed E-state index contributed by atoms with van der Waals surface area (Å²) in [4.78, 5) is -0.355. The van der Waals surface area contributed by atoms with Crippen molar-refractivity contribution in [1.29, 1.82) is 0 Å². The van der Waals surface area contributed by atoms with E-state index in [1.165, 1.54) is 6.07 Å². The van der Waals surface area contributed by atoms with Gasteiger partial charge in [0.15, 0.2) is 0 Å². The summed E-state index contributed by atoms with van der Waals surface area (Å²) in [5, 5.41) is 6.35. The number of nitrogens with one attached hydrogen (secondary N) is 2. The first kappa shape index (κ1) is 20.1. The van der Waals surface area contributed by atoms with Gasteiger partial charge in [0.25, 0.3) is 0 Å². The van der Waals surface area contributed by atoms with Crippen LogP contribution in [-0.4, -0.2) is 4.87 Å². The van der Waals surface area contributed by atoms with Crippen LogP contribution in [0.25, 0.3) is 5.70 Å². The molecule has 0 spiro atoms. The Hall–Kier alpha value is -2.26. The van der Waals surface area contributed by atoms with E-state index >= 15 is 0 Å². The van der Waals surface area contributed by atoms with Gasteiger partial charge in [0, 0.05) is 33.9 Å². The molecule has 2 nitrogen and oxygen atoms in total. The van der Waals surface area contributed by atoms with Crippen molar-refractivity contribution in [1.82, 2.24) is 0 Å². The summed E-state index contributed by atoms with van der Waals surface area (Å²) < 4.78 is 14.1. The predicted molar refractivity (Wildman–Crippen MR) is 112 cm³/mol. The maximum Gasteiger partial charge on any atom is 0.146 e. The van der Waals surface area contributed by atoms with Crippen LogP contribution < -0.4 is 10.6 Å². The zero-order valence-corrected chi connectivity index (χ0v) is 16.6. The highest BCUT2D eigenvalue weighted by molar-refractivity contribution is 6.23. The van der Waals surface area contributed by atoms with E-state index in [-0.39, 0.29) is 10.7 Å². The van der Waals surface area contributed by atoms with Crippen LogP contribution in [0.15, 0.2) is 55.3 Å². The molecule has 2 rings (SSSR count). The van der Waals surface area contributed by atoms with E-state index in [9.17, 15) is 4.39 Å². The van der Waals surface area contributed by atoms with Gasteiger partial charge in [-0.25, -0.2) is 4.39 Å². The second kappa shape index (κ2) is 7.96. The van der Waals surface area contributed by atoms with Crippen LogP contribution in [0.1, 0.15) is 37.0 Å². The molecule has 0 saturated heterocycles. The first-order valence-corrected chi connectivity index (χ1v) is 8.90. The Morgan fingerprint density at radius 2 is 1.77 bits per heavy atom. The molecular formula is C22H26ClFN2. The molecule has 2 N–H and O–H groups in total. The number of rotatable bonds is 7. The molecule has 0 atom stereocenters. The minimum Gasteiger partial charge on any atom is -0.359 e. The number of benzene rings is 2. The van der Waals surface area contributed by atoms with E-state index in [2.05, 4.69) is 23.8 Å². The molecule has 0 saturated carbocycles. The van der Waals surface area contributed by atoms with Crippen LogP contribution in [0.5, 0.6) is 0 Å². The van der Waals surface area contributed by atoms with Crippen molar-refractivity contribution in [3.05, 3.63) is 77.8 Å². The highest BCUT2D eigenvalue weighted by Crippen LogP contribution is 2.27. The molecule has 0 aliphatic heterocycles. The van der Waals surface area contributed by atoms with E-state index in [0.29, 0.717) is 17.8 Å². The van der Waals surface area contributed by atoms with Gasteiger partial charge in [-0.05, 0) is 63.1 Å². The summed E-state index contributed by atoms with van der Waals surface area (Å²) in [5.41, 5.74) is 5.61. The quantitative estimate of drug-likeness (QED) is 0.519. The molecule has 0 amide bonds. The second-order valence-corrected chi connectivity index (χ2v) is 8.26. The van der Waals surface area contributed by atoms with E-state index in [1.807, 2.05) is 52.0 Å². The molecule has 0 fully saturated rings. The number of hydrogen-bond donors (Lipinski definition) is 2. The SMILES string of the molecule is C=C(CC(C)(C)Cl)Nc1ccc(C)c(C(=C)Nc2ccc(C)cc2F)c1. The predicted octanol–water partition coefficient (Wildman–Crippen LogP) is 6.86. The zero-order chi connectivity index (χ0) is 19.5. The van der Waals surface area contributed by atoms with Gasteiger partial charge in [0.2, 0.25) is 0 Å². The highest BCUT2D eigenvalue weighted by Gasteiger charge is 2.15. The minimum absolute atomic E-state index is 0.296. The number of alkyl halides is 1. The number of hydrogen-bond acceptors (Lipinski definition) is 2. The number of allylic oxidation sites excluding steroid dienone is 1. The topological polar surface area (TPSA) is 24.1 Å². The largest absolute Gasteiger partial charge is 0.359 e. The fraction of sp³-hybridized carbons (Fsp3) is 0.273. The smallest absolute Gasteiger partial charge is 0.146 e. The molecule has 0 aliphatic carbocycles. The van der Waals surface area contributed by atoms with Gasteiger partial charge >= 0.3 is 0 Å². The highest BCUT2D eigenvalue weighted by atomic mass is 35.5. The zero-order valence-electron chi connectivity index (χ0n) is 15.8. The lowest BCUT2D eigenvalue weighted by Crippen LogP contribution is -2.14. The molecule has 0 aromatic heterocycles. The third-order valence-electron chi connectivity index (χ3n) is 3.93. The number of anilines is 2. The van der Waals surface area contributed by atoms with Gasteiger partial charge in [-0.15, -0.1) is 11.6 Å². The monoisotopic (exact) mass is 372 g/mol. The Morgan fingerprint density at radius 3 is 2.38 bits per heavy atom. The Balaban J connectivity index is 2.18. The van der Waals surface area contributed by atoms with Crippen molar-refractivity contribution in [2.45, 2.75) is 39.0 Å². The van der Waals surface area contributed by atoms with Crippen LogP contribution in [0, 0.1) is 19.7 Å². The summed E-state index contributed by atoms with van der Waals surface area (Å²) in [6.07, 6.45) is 0.644. The lowest BCUT2D eigenvalue weighted by molar-refractivity contribution is 0.631. The molecule has 0 aliphatic rings. The number of halogens is 2. The lowest BCUT2D eigenvalue weighted by atomic mass is 10.0. The summed E-state index contributed by atoms with van der Waals surface area (Å²) in [6, 6.07) is 11.0. The first-order valence-electron chi connectivity index (χ1n) is 8.52. The van der Waals surface area contributed by atoms with Crippen LogP contribution in [0.2, 0.25) is 0 Å². The molecule has 2 aromatic rings. The van der Waals surface area contributed by atoms with Gasteiger partial charge in [0.1, 0.15) is 5.82 Å². The summed E-state index contributed by atoms with van der Waals surface area (Å²) in [7, 11) is 0. The lowest BCUT2D eigenvalue weighted by Gasteiger charge is -2.20. The molecule has 0 heterocycles. The van der Waals surface area contributed by atoms with E-state index in [0.717, 1.165) is 28.1 Å². The third-order valence-corrected chi connectivity index (χ3v) is 4.06. The van der Waals surface area contributed by atoms with Crippen molar-refractivity contribution in [2.75, 3.05) is 10.6 Å². The normalized spacial score (nSPS) is 11.2. The molecule has 0 radical (unpaired) electrons. The van der Waals surface area contributed by atoms with E-state index in [1.54, 1.807) is 6.07 Å². The molecule has 4 heteroatoms. The van der Waals surface area contributed by atoms with E-state index < -0.39 is 0 Å². The average molecular weight is 373 g/mol. The van der Waals surface area contributed by atoms with Crippen molar-refractivity contribution in [3.63, 3.8) is 0 Å². The summed E-state index contributed by atoms with van der Waals surface area (Å²) in [6.45, 7) is 15.9. The molecular weight excluding hydrogens is 347 g/mol. The van der Waals surface area contributed by atoms with Crippen molar-refractivity contribution in [3.8, 4) is 0 Å². The van der Waals surface area contributed by atoms with Gasteiger partial charge in [-0.3, -0.25) is 0 Å². The van der Waals surface area contributed by atoms with Crippen molar-refractivity contribution in [2.24, 2.45) is 0 Å². The van der Waals surface area contributed by atoms with Gasteiger partial charge in [0.05, 0.1) is 5.69 Å². The average Bonchev–Trinajstić information content (AvgIpc) is 2.50. The summed E-state index contributed by atoms with van der Waals surface area (Å²) in [5.74, 6) is -0.296. The van der Waals surface area contributed by atoms with Crippen LogP contribution in [0.3, 0.4) is 0 Å². The Bertz CT molecular complexity index is 835. The van der Waals surface area contributed by atoms with E-state index in [4.69, 9.17) is 11.6 Å². The fourth-order valence-corrected chi connectivity index (χ4v) is 2.89. The van der Waals surface area contributed by atoms with Crippen LogP contribution in [-0.2, 0) is 0 Å². The van der Waals surface area contributed by atoms with Crippen LogP contribution in [0.4, 0.5) is 15.8 Å². The molecule has 0 unspecified atom stereocenters. The van der Waals surface area contributed by atoms with Crippen molar-refractivity contribution >= 4 is 28.7 Å². The van der Waals surface area contributed by atoms with Crippen LogP contribution >= 0.6 is 11.6 Å². The molecule has 2 aromatic carbocycles. The number of aryl methyl sites for hydroxylation is 2. The minimum atomic E-state index is -0.355. The Morgan fingerprint density at radius 1 is 1.08 bits per heavy atom. The first-order chi connectivity index (χ1) is 12.0. The Labute approximate surface area is 160 Å². The van der Waals surface area contributed by atoms with Crippen molar-refractivity contribution < 1.29 is 4.39 Å². The van der Waals surface area contributed by atoms with Gasteiger partial charge in [-0.1, -0.05) is 25.3 Å². The Kier molecular flexibility index (Phi) is 6.14. The summed E-state index contributed by atoms with van der Waals surface area (Å²) >= 11 is 6.26. The van der Waals surface area contributed by atoms with Gasteiger partial charge in [-0.2, -0.15) is 0 Å². The maximum absolute atomic E-state index is 14.1. The molecule has 26 heavy (non-hydrogen) atoms. The maximum atomic E-state index is 14.1. The second-order valence-electron chi connectivity index (χ2n) is 7.24. The third kappa shape index (κ3) is 5.63. The molecule has 138 valence electrons. The fourth-order valence-electron chi connectivity index (χ4n) is 2.73.